The lowest BCUT2D eigenvalue weighted by molar-refractivity contribution is -0.195. The first-order valence-electron chi connectivity index (χ1n) is 8.93. The molecule has 0 bridgehead atoms. The topological polar surface area (TPSA) is 108 Å². The van der Waals surface area contributed by atoms with Crippen LogP contribution in [-0.4, -0.2) is 44.7 Å². The normalized spacial score (nSPS) is 15.3. The summed E-state index contributed by atoms with van der Waals surface area (Å²) in [5.41, 5.74) is 0. The maximum atomic E-state index is 14.4. The number of nitrogens with one attached hydrogen (secondary N) is 1. The van der Waals surface area contributed by atoms with Gasteiger partial charge in [-0.1, -0.05) is 18.2 Å². The van der Waals surface area contributed by atoms with Crippen LogP contribution in [0.4, 0.5) is 13.2 Å². The van der Waals surface area contributed by atoms with E-state index in [0.717, 1.165) is 12.1 Å². The van der Waals surface area contributed by atoms with E-state index in [1.807, 2.05) is 0 Å². The molecule has 0 saturated carbocycles. The molecule has 1 aromatic carbocycles. The molecule has 0 fully saturated rings. The first kappa shape index (κ1) is 26.6. The first-order valence-corrected chi connectivity index (χ1v) is 12.0. The third-order valence-electron chi connectivity index (χ3n) is 3.43. The van der Waals surface area contributed by atoms with Crippen LogP contribution in [0.5, 0.6) is 0 Å². The molecule has 1 aromatic rings. The summed E-state index contributed by atoms with van der Waals surface area (Å²) in [5, 5.41) is -4.33. The van der Waals surface area contributed by atoms with E-state index in [9.17, 15) is 30.9 Å². The summed E-state index contributed by atoms with van der Waals surface area (Å²) in [7, 11) is -10.6. The van der Waals surface area contributed by atoms with Gasteiger partial charge in [0.2, 0.25) is 10.0 Å². The van der Waals surface area contributed by atoms with Gasteiger partial charge in [-0.2, -0.15) is 17.9 Å². The Bertz CT molecular complexity index is 861. The average Bonchev–Trinajstić information content (AvgIpc) is 2.58. The lowest BCUT2D eigenvalue weighted by Gasteiger charge is -2.39. The van der Waals surface area contributed by atoms with Crippen molar-refractivity contribution < 1.29 is 44.7 Å². The SMILES string of the molecule is CCOC(=O)[C@@](NS(=O)(=O)c1ccccc1)(C(F)(F)F)P(=O)(OC(C)C)OC(C)C. The highest BCUT2D eigenvalue weighted by Gasteiger charge is 2.76. The zero-order valence-corrected chi connectivity index (χ0v) is 18.8. The summed E-state index contributed by atoms with van der Waals surface area (Å²) in [5.74, 6) is -2.15. The van der Waals surface area contributed by atoms with Gasteiger partial charge in [-0.05, 0) is 46.8 Å². The minimum atomic E-state index is -5.75. The number of carbonyl (C=O) groups excluding carboxylic acids is 1. The number of esters is 1. The van der Waals surface area contributed by atoms with E-state index in [4.69, 9.17) is 9.05 Å². The van der Waals surface area contributed by atoms with Crippen LogP contribution >= 0.6 is 7.60 Å². The number of hydrogen-bond acceptors (Lipinski definition) is 7. The molecule has 0 aliphatic rings. The summed E-state index contributed by atoms with van der Waals surface area (Å²) in [6, 6.07) is 5.99. The second kappa shape index (κ2) is 9.78. The van der Waals surface area contributed by atoms with Gasteiger partial charge >= 0.3 is 25.0 Å². The molecule has 0 amide bonds. The fraction of sp³-hybridized carbons (Fsp3) is 0.588. The first-order chi connectivity index (χ1) is 13.6. The molecule has 30 heavy (non-hydrogen) atoms. The lowest BCUT2D eigenvalue weighted by atomic mass is 10.3. The van der Waals surface area contributed by atoms with Crippen LogP contribution in [0.15, 0.2) is 35.2 Å². The highest BCUT2D eigenvalue weighted by atomic mass is 32.2. The third kappa shape index (κ3) is 5.61. The van der Waals surface area contributed by atoms with Gasteiger partial charge in [0, 0.05) is 0 Å². The Morgan fingerprint density at radius 1 is 1.07 bits per heavy atom. The van der Waals surface area contributed by atoms with Gasteiger partial charge in [-0.25, -0.2) is 13.2 Å². The van der Waals surface area contributed by atoms with E-state index in [0.29, 0.717) is 0 Å². The molecule has 13 heteroatoms. The van der Waals surface area contributed by atoms with E-state index in [2.05, 4.69) is 4.74 Å². The molecular weight excluding hydrogens is 450 g/mol. The standard InChI is InChI=1S/C17H25F3NO7PS/c1-6-26-15(22)16(17(18,19)20,29(23,27-12(2)3)28-13(4)5)21-30(24,25)14-10-8-7-9-11-14/h7-13,21H,6H2,1-5H3/t16-/m0/s1. The van der Waals surface area contributed by atoms with Crippen LogP contribution in [0, 0.1) is 0 Å². The maximum absolute atomic E-state index is 14.4. The molecule has 0 heterocycles. The van der Waals surface area contributed by atoms with Gasteiger partial charge in [0.25, 0.3) is 0 Å². The fourth-order valence-electron chi connectivity index (χ4n) is 2.36. The molecule has 0 radical (unpaired) electrons. The molecule has 0 aliphatic heterocycles. The fourth-order valence-corrected chi connectivity index (χ4v) is 6.47. The van der Waals surface area contributed by atoms with Crippen molar-refractivity contribution in [3.05, 3.63) is 30.3 Å². The van der Waals surface area contributed by atoms with E-state index in [-0.39, 0.29) is 0 Å². The second-order valence-corrected chi connectivity index (χ2v) is 10.4. The average molecular weight is 475 g/mol. The highest BCUT2D eigenvalue weighted by Crippen LogP contribution is 2.66. The predicted molar refractivity (Wildman–Crippen MR) is 102 cm³/mol. The zero-order valence-electron chi connectivity index (χ0n) is 17.1. The van der Waals surface area contributed by atoms with E-state index < -0.39 is 58.8 Å². The number of sulfonamides is 1. The van der Waals surface area contributed by atoms with Gasteiger partial charge in [-0.15, -0.1) is 0 Å². The van der Waals surface area contributed by atoms with Crippen LogP contribution in [0.25, 0.3) is 0 Å². The molecule has 172 valence electrons. The van der Waals surface area contributed by atoms with Crippen LogP contribution in [0.1, 0.15) is 34.6 Å². The summed E-state index contributed by atoms with van der Waals surface area (Å²) in [6.07, 6.45) is -7.99. The van der Waals surface area contributed by atoms with E-state index >= 15 is 0 Å². The van der Waals surface area contributed by atoms with Gasteiger partial charge in [0.15, 0.2) is 0 Å². The summed E-state index contributed by atoms with van der Waals surface area (Å²) >= 11 is 0. The Labute approximate surface area is 173 Å². The number of hydrogen-bond donors (Lipinski definition) is 1. The molecule has 1 atom stereocenters. The van der Waals surface area contributed by atoms with Crippen molar-refractivity contribution in [2.24, 2.45) is 0 Å². The van der Waals surface area contributed by atoms with Crippen molar-refractivity contribution in [1.29, 1.82) is 0 Å². The van der Waals surface area contributed by atoms with Gasteiger partial charge in [0.05, 0.1) is 23.7 Å². The maximum Gasteiger partial charge on any atom is 0.430 e. The molecule has 0 spiro atoms. The Morgan fingerprint density at radius 3 is 1.90 bits per heavy atom. The van der Waals surface area contributed by atoms with Gasteiger partial charge < -0.3 is 13.8 Å². The van der Waals surface area contributed by atoms with Crippen molar-refractivity contribution in [2.45, 2.75) is 63.2 Å². The van der Waals surface area contributed by atoms with Crippen LogP contribution < -0.4 is 4.72 Å². The molecule has 0 saturated heterocycles. The monoisotopic (exact) mass is 475 g/mol. The van der Waals surface area contributed by atoms with Crippen LogP contribution in [0.3, 0.4) is 0 Å². The molecule has 1 N–H and O–H groups in total. The molecular formula is C17H25F3NO7PS. The summed E-state index contributed by atoms with van der Waals surface area (Å²) < 4.78 is 98.1. The number of alkyl halides is 3. The quantitative estimate of drug-likeness (QED) is 0.405. The summed E-state index contributed by atoms with van der Waals surface area (Å²) in [6.45, 7) is 5.70. The summed E-state index contributed by atoms with van der Waals surface area (Å²) in [4.78, 5) is 12.0. The minimum Gasteiger partial charge on any atom is -0.464 e. The Balaban J connectivity index is 3.89. The number of halogens is 3. The van der Waals surface area contributed by atoms with Gasteiger partial charge in [0.1, 0.15) is 0 Å². The molecule has 8 nitrogen and oxygen atoms in total. The van der Waals surface area contributed by atoms with Crippen molar-refractivity contribution in [3.63, 3.8) is 0 Å². The Kier molecular flexibility index (Phi) is 8.66. The van der Waals surface area contributed by atoms with Crippen LogP contribution in [-0.2, 0) is 33.2 Å². The van der Waals surface area contributed by atoms with Crippen molar-refractivity contribution >= 4 is 23.6 Å². The number of carbonyl (C=O) groups is 1. The zero-order chi connectivity index (χ0) is 23.4. The molecule has 0 unspecified atom stereocenters. The van der Waals surface area contributed by atoms with E-state index in [1.54, 1.807) is 0 Å². The Hall–Kier alpha value is -1.46. The van der Waals surface area contributed by atoms with E-state index in [1.165, 1.54) is 57.5 Å². The van der Waals surface area contributed by atoms with Crippen molar-refractivity contribution in [3.8, 4) is 0 Å². The molecule has 0 aromatic heterocycles. The number of rotatable bonds is 10. The van der Waals surface area contributed by atoms with Gasteiger partial charge in [-0.3, -0.25) is 4.57 Å². The number of benzene rings is 1. The lowest BCUT2D eigenvalue weighted by Crippen LogP contribution is -2.64. The van der Waals surface area contributed by atoms with Crippen molar-refractivity contribution in [2.75, 3.05) is 6.61 Å². The molecule has 1 rings (SSSR count). The van der Waals surface area contributed by atoms with Crippen LogP contribution in [0.2, 0.25) is 0 Å². The predicted octanol–water partition coefficient (Wildman–Crippen LogP) is 3.83. The molecule has 0 aliphatic carbocycles. The third-order valence-corrected chi connectivity index (χ3v) is 7.81. The Morgan fingerprint density at radius 2 is 1.53 bits per heavy atom. The smallest absolute Gasteiger partial charge is 0.430 e. The minimum absolute atomic E-state index is 0.549. The van der Waals surface area contributed by atoms with Crippen molar-refractivity contribution in [1.82, 2.24) is 4.72 Å². The number of ether oxygens (including phenoxy) is 1. The highest BCUT2D eigenvalue weighted by molar-refractivity contribution is 7.90. The largest absolute Gasteiger partial charge is 0.464 e. The second-order valence-electron chi connectivity index (χ2n) is 6.65.